The maximum atomic E-state index is 15.2. The van der Waals surface area contributed by atoms with E-state index >= 15 is 4.39 Å². The number of anilines is 2. The zero-order valence-corrected chi connectivity index (χ0v) is 21.5. The number of aryl methyl sites for hydroxylation is 1. The Morgan fingerprint density at radius 3 is 2.59 bits per heavy atom. The van der Waals surface area contributed by atoms with Crippen molar-refractivity contribution in [3.63, 3.8) is 0 Å². The number of hydrogen-bond acceptors (Lipinski definition) is 8. The fourth-order valence-corrected chi connectivity index (χ4v) is 5.84. The molecule has 0 radical (unpaired) electrons. The molecule has 0 aliphatic heterocycles. The lowest BCUT2D eigenvalue weighted by atomic mass is 10.1. The largest absolute Gasteiger partial charge is 0.495 e. The van der Waals surface area contributed by atoms with Crippen molar-refractivity contribution in [3.05, 3.63) is 89.8 Å². The maximum absolute atomic E-state index is 15.2. The van der Waals surface area contributed by atoms with Crippen LogP contribution in [0.3, 0.4) is 0 Å². The predicted octanol–water partition coefficient (Wildman–Crippen LogP) is 7.65. The van der Waals surface area contributed by atoms with Gasteiger partial charge in [0.15, 0.2) is 5.82 Å². The van der Waals surface area contributed by atoms with Crippen molar-refractivity contribution in [2.24, 2.45) is 0 Å². The Bertz CT molecular complexity index is 1770. The Labute approximate surface area is 220 Å². The third-order valence-electron chi connectivity index (χ3n) is 5.82. The van der Waals surface area contributed by atoms with Gasteiger partial charge in [-0.1, -0.05) is 36.0 Å². The highest BCUT2D eigenvalue weighted by Gasteiger charge is 2.14. The van der Waals surface area contributed by atoms with E-state index in [-0.39, 0.29) is 5.82 Å². The number of rotatable bonds is 6. The SMILES string of the molecule is COc1cnc2c(Sc3ccc(Nc4nnc(-c5cc(C)cs5)c5ccccc45)cc3F)ccnc2c1. The van der Waals surface area contributed by atoms with Gasteiger partial charge in [0.25, 0.3) is 0 Å². The first kappa shape index (κ1) is 23.3. The van der Waals surface area contributed by atoms with Gasteiger partial charge in [0.1, 0.15) is 22.8 Å². The van der Waals surface area contributed by atoms with Gasteiger partial charge in [-0.25, -0.2) is 9.37 Å². The highest BCUT2D eigenvalue weighted by molar-refractivity contribution is 7.99. The van der Waals surface area contributed by atoms with Crippen molar-refractivity contribution >= 4 is 56.4 Å². The molecule has 2 aromatic carbocycles. The number of halogens is 1. The molecule has 0 bridgehead atoms. The summed E-state index contributed by atoms with van der Waals surface area (Å²) in [5.41, 5.74) is 4.00. The van der Waals surface area contributed by atoms with E-state index in [4.69, 9.17) is 4.74 Å². The monoisotopic (exact) mass is 525 g/mol. The number of fused-ring (bicyclic) bond motifs is 2. The number of methoxy groups -OCH3 is 1. The summed E-state index contributed by atoms with van der Waals surface area (Å²) in [6.45, 7) is 2.06. The van der Waals surface area contributed by atoms with Crippen LogP contribution in [0.1, 0.15) is 5.56 Å². The van der Waals surface area contributed by atoms with Crippen molar-refractivity contribution in [2.75, 3.05) is 12.4 Å². The summed E-state index contributed by atoms with van der Waals surface area (Å²) < 4.78 is 20.4. The van der Waals surface area contributed by atoms with Crippen LogP contribution in [0.4, 0.5) is 15.9 Å². The van der Waals surface area contributed by atoms with Crippen molar-refractivity contribution < 1.29 is 9.13 Å². The Morgan fingerprint density at radius 2 is 1.81 bits per heavy atom. The smallest absolute Gasteiger partial charge is 0.161 e. The minimum Gasteiger partial charge on any atom is -0.495 e. The Hall–Kier alpha value is -4.08. The predicted molar refractivity (Wildman–Crippen MR) is 147 cm³/mol. The second-order valence-corrected chi connectivity index (χ2v) is 10.4. The summed E-state index contributed by atoms with van der Waals surface area (Å²) in [6.07, 6.45) is 3.32. The first-order valence-corrected chi connectivity index (χ1v) is 13.1. The average molecular weight is 526 g/mol. The number of nitrogens with one attached hydrogen (secondary N) is 1. The average Bonchev–Trinajstić information content (AvgIpc) is 3.36. The third kappa shape index (κ3) is 4.59. The molecular formula is C28H20FN5OS2. The van der Waals surface area contributed by atoms with Crippen LogP contribution in [0.2, 0.25) is 0 Å². The van der Waals surface area contributed by atoms with Crippen molar-refractivity contribution in [1.82, 2.24) is 20.2 Å². The van der Waals surface area contributed by atoms with Crippen LogP contribution in [0, 0.1) is 12.7 Å². The molecule has 4 aromatic heterocycles. The number of aromatic nitrogens is 4. The normalized spacial score (nSPS) is 11.2. The molecular weight excluding hydrogens is 505 g/mol. The summed E-state index contributed by atoms with van der Waals surface area (Å²) in [6, 6.07) is 18.8. The lowest BCUT2D eigenvalue weighted by molar-refractivity contribution is 0.413. The molecule has 0 fully saturated rings. The van der Waals surface area contributed by atoms with Crippen molar-refractivity contribution in [3.8, 4) is 16.3 Å². The first-order valence-electron chi connectivity index (χ1n) is 11.4. The van der Waals surface area contributed by atoms with Gasteiger partial charge in [0.05, 0.1) is 23.7 Å². The van der Waals surface area contributed by atoms with Gasteiger partial charge in [-0.15, -0.1) is 21.5 Å². The molecule has 1 N–H and O–H groups in total. The molecule has 6 rings (SSSR count). The number of benzene rings is 2. The highest BCUT2D eigenvalue weighted by atomic mass is 32.2. The molecule has 6 aromatic rings. The molecule has 6 nitrogen and oxygen atoms in total. The van der Waals surface area contributed by atoms with E-state index in [0.717, 1.165) is 26.2 Å². The summed E-state index contributed by atoms with van der Waals surface area (Å²) >= 11 is 2.95. The molecule has 0 aliphatic rings. The lowest BCUT2D eigenvalue weighted by Crippen LogP contribution is -1.99. The van der Waals surface area contributed by atoms with Crippen LogP contribution in [-0.4, -0.2) is 27.3 Å². The molecule has 0 amide bonds. The minimum absolute atomic E-state index is 0.351. The van der Waals surface area contributed by atoms with Gasteiger partial charge in [0.2, 0.25) is 0 Å². The van der Waals surface area contributed by atoms with E-state index in [1.807, 2.05) is 42.5 Å². The fourth-order valence-electron chi connectivity index (χ4n) is 4.03. The van der Waals surface area contributed by atoms with E-state index < -0.39 is 0 Å². The van der Waals surface area contributed by atoms with E-state index in [9.17, 15) is 0 Å². The Morgan fingerprint density at radius 1 is 0.946 bits per heavy atom. The van der Waals surface area contributed by atoms with Crippen molar-refractivity contribution in [1.29, 1.82) is 0 Å². The second-order valence-electron chi connectivity index (χ2n) is 8.36. The molecule has 0 saturated carbocycles. The summed E-state index contributed by atoms with van der Waals surface area (Å²) in [4.78, 5) is 11.2. The van der Waals surface area contributed by atoms with Gasteiger partial charge in [-0.3, -0.25) is 4.98 Å². The Balaban J connectivity index is 1.29. The molecule has 37 heavy (non-hydrogen) atoms. The zero-order chi connectivity index (χ0) is 25.4. The molecule has 0 aliphatic carbocycles. The summed E-state index contributed by atoms with van der Waals surface area (Å²) in [7, 11) is 1.58. The minimum atomic E-state index is -0.351. The highest BCUT2D eigenvalue weighted by Crippen LogP contribution is 2.37. The number of nitrogens with zero attached hydrogens (tertiary/aromatic N) is 4. The molecule has 0 saturated heterocycles. The van der Waals surface area contributed by atoms with Crippen LogP contribution < -0.4 is 10.1 Å². The van der Waals surface area contributed by atoms with Crippen molar-refractivity contribution in [2.45, 2.75) is 16.7 Å². The topological polar surface area (TPSA) is 72.8 Å². The fraction of sp³-hybridized carbons (Fsp3) is 0.0714. The number of thiophene rings is 1. The quantitative estimate of drug-likeness (QED) is 0.239. The van der Waals surface area contributed by atoms with E-state index in [1.54, 1.807) is 36.9 Å². The molecule has 0 unspecified atom stereocenters. The molecule has 182 valence electrons. The molecule has 9 heteroatoms. The van der Waals surface area contributed by atoms with Gasteiger partial charge in [0, 0.05) is 38.5 Å². The second kappa shape index (κ2) is 9.76. The van der Waals surface area contributed by atoms with Gasteiger partial charge < -0.3 is 10.1 Å². The van der Waals surface area contributed by atoms with Crippen LogP contribution in [0.15, 0.2) is 88.2 Å². The summed E-state index contributed by atoms with van der Waals surface area (Å²) in [5, 5.41) is 16.2. The maximum Gasteiger partial charge on any atom is 0.161 e. The Kier molecular flexibility index (Phi) is 6.15. The molecule has 4 heterocycles. The van der Waals surface area contributed by atoms with E-state index in [0.29, 0.717) is 33.2 Å². The zero-order valence-electron chi connectivity index (χ0n) is 19.9. The molecule has 0 atom stereocenters. The molecule has 0 spiro atoms. The van der Waals surface area contributed by atoms with Gasteiger partial charge >= 0.3 is 0 Å². The lowest BCUT2D eigenvalue weighted by Gasteiger charge is -2.12. The standard InChI is InChI=1S/C28H20FN5OS2/c1-16-11-25(36-15-16)26-19-5-3-4-6-20(19)28(34-33-26)32-17-7-8-23(21(29)12-17)37-24-9-10-30-22-13-18(35-2)14-31-27(22)24/h3-15H,1-2H3,(H,32,34). The first-order chi connectivity index (χ1) is 18.1. The van der Waals surface area contributed by atoms with Gasteiger partial charge in [-0.05, 0) is 48.2 Å². The van der Waals surface area contributed by atoms with E-state index in [2.05, 4.69) is 43.9 Å². The van der Waals surface area contributed by atoms with Gasteiger partial charge in [-0.2, -0.15) is 0 Å². The van der Waals surface area contributed by atoms with Crippen LogP contribution >= 0.6 is 23.1 Å². The van der Waals surface area contributed by atoms with Crippen LogP contribution in [0.25, 0.3) is 32.4 Å². The van der Waals surface area contributed by atoms with Crippen LogP contribution in [-0.2, 0) is 0 Å². The number of ether oxygens (including phenoxy) is 1. The number of hydrogen-bond donors (Lipinski definition) is 1. The van der Waals surface area contributed by atoms with E-state index in [1.165, 1.54) is 23.4 Å². The summed E-state index contributed by atoms with van der Waals surface area (Å²) in [5.74, 6) is 0.847. The van der Waals surface area contributed by atoms with Crippen LogP contribution in [0.5, 0.6) is 5.75 Å². The third-order valence-corrected chi connectivity index (χ3v) is 7.97. The number of pyridine rings is 2.